The van der Waals surface area contributed by atoms with E-state index in [2.05, 4.69) is 75.4 Å². The van der Waals surface area contributed by atoms with Crippen molar-refractivity contribution in [1.29, 1.82) is 0 Å². The number of piperidine rings is 2. The van der Waals surface area contributed by atoms with Gasteiger partial charge in [-0.1, -0.05) is 73.8 Å². The minimum atomic E-state index is -4.22. The number of hydrogen-bond acceptors (Lipinski definition) is 10. The second-order valence-corrected chi connectivity index (χ2v) is 20.4. The number of urea groups is 1. The largest absolute Gasteiger partial charge is 0.481 e. The molecule has 6 heterocycles. The Morgan fingerprint density at radius 3 is 1.65 bits per heavy atom. The zero-order valence-electron chi connectivity index (χ0n) is 44.2. The quantitative estimate of drug-likeness (QED) is 0.0880. The number of rotatable bonds is 10. The SMILES string of the molecule is C.C.CCn1nnc2c(C)c(C(CC(=O)O)c3ccc4c(c3)CN(C(=O)N3CCC(C(F)(F)F)CC3)CC4)ccc21.CCn1nnc2c(C)c(C(CC(=O)OC)c3ccc4c(c3)CNCC4)ccc21.FC(F)(F)C1CCNCC1. The molecule has 2 unspecified atom stereocenters. The normalized spacial score (nSPS) is 16.7. The summed E-state index contributed by atoms with van der Waals surface area (Å²) < 4.78 is 83.6. The van der Waals surface area contributed by atoms with Gasteiger partial charge in [0.1, 0.15) is 11.0 Å². The van der Waals surface area contributed by atoms with Gasteiger partial charge in [0.05, 0.1) is 42.8 Å². The third-order valence-electron chi connectivity index (χ3n) is 15.8. The van der Waals surface area contributed by atoms with E-state index in [1.807, 2.05) is 48.9 Å². The van der Waals surface area contributed by atoms with Crippen LogP contribution < -0.4 is 10.6 Å². The third kappa shape index (κ3) is 14.2. The van der Waals surface area contributed by atoms with E-state index in [0.717, 1.165) is 92.6 Å². The lowest BCUT2D eigenvalue weighted by molar-refractivity contribution is -0.184. The van der Waals surface area contributed by atoms with E-state index in [9.17, 15) is 45.8 Å². The van der Waals surface area contributed by atoms with Crippen molar-refractivity contribution < 1.29 is 50.6 Å². The summed E-state index contributed by atoms with van der Waals surface area (Å²) in [6.45, 7) is 13.4. The number of amides is 2. The molecule has 10 rings (SSSR count). The molecule has 21 heteroatoms. The van der Waals surface area contributed by atoms with Crippen LogP contribution in [0.25, 0.3) is 22.1 Å². The van der Waals surface area contributed by atoms with Crippen molar-refractivity contribution in [2.45, 2.75) is 144 Å². The molecule has 4 aromatic carbocycles. The molecule has 2 amide bonds. The summed E-state index contributed by atoms with van der Waals surface area (Å²) in [5.41, 5.74) is 14.2. The molecule has 0 aliphatic carbocycles. The molecule has 430 valence electrons. The number of carbonyl (C=O) groups is 3. The second kappa shape index (κ2) is 26.6. The Bertz CT molecular complexity index is 3050. The van der Waals surface area contributed by atoms with Crippen molar-refractivity contribution in [2.24, 2.45) is 11.8 Å². The van der Waals surface area contributed by atoms with E-state index in [1.165, 1.54) is 23.1 Å². The van der Waals surface area contributed by atoms with Gasteiger partial charge in [-0.05, 0) is 154 Å². The molecule has 0 spiro atoms. The van der Waals surface area contributed by atoms with E-state index in [4.69, 9.17) is 4.74 Å². The van der Waals surface area contributed by atoms with Gasteiger partial charge in [-0.3, -0.25) is 9.59 Å². The fourth-order valence-electron chi connectivity index (χ4n) is 11.2. The van der Waals surface area contributed by atoms with E-state index in [1.54, 1.807) is 9.58 Å². The summed E-state index contributed by atoms with van der Waals surface area (Å²) in [4.78, 5) is 40.5. The molecular weight excluding hydrogens is 1030 g/mol. The smallest absolute Gasteiger partial charge is 0.391 e. The predicted molar refractivity (Wildman–Crippen MR) is 292 cm³/mol. The topological polar surface area (TPSA) is 173 Å². The van der Waals surface area contributed by atoms with Crippen molar-refractivity contribution in [3.05, 3.63) is 116 Å². The van der Waals surface area contributed by atoms with Gasteiger partial charge < -0.3 is 30.3 Å². The number of benzene rings is 4. The monoisotopic (exact) mass is 1110 g/mol. The molecular formula is C58H76F6N10O5. The van der Waals surface area contributed by atoms with Crippen LogP contribution in [-0.2, 0) is 53.3 Å². The summed E-state index contributed by atoms with van der Waals surface area (Å²) in [6.07, 6.45) is -5.99. The first-order valence-corrected chi connectivity index (χ1v) is 26.5. The van der Waals surface area contributed by atoms with Crippen molar-refractivity contribution in [3.8, 4) is 0 Å². The highest BCUT2D eigenvalue weighted by atomic mass is 19.4. The number of ether oxygens (including phenoxy) is 1. The molecule has 4 aliphatic rings. The number of methoxy groups -OCH3 is 1. The molecule has 2 aromatic heterocycles. The number of carboxylic acids is 1. The van der Waals surface area contributed by atoms with Crippen LogP contribution >= 0.6 is 0 Å². The summed E-state index contributed by atoms with van der Waals surface area (Å²) >= 11 is 0. The van der Waals surface area contributed by atoms with E-state index < -0.39 is 36.1 Å². The number of halogens is 6. The highest BCUT2D eigenvalue weighted by Gasteiger charge is 2.43. The number of likely N-dealkylation sites (tertiary alicyclic amines) is 1. The highest BCUT2D eigenvalue weighted by molar-refractivity contribution is 5.82. The van der Waals surface area contributed by atoms with Gasteiger partial charge in [0.15, 0.2) is 0 Å². The Morgan fingerprint density at radius 1 is 0.646 bits per heavy atom. The van der Waals surface area contributed by atoms with Crippen LogP contribution in [0.1, 0.15) is 135 Å². The van der Waals surface area contributed by atoms with E-state index in [-0.39, 0.29) is 78.0 Å². The van der Waals surface area contributed by atoms with E-state index in [0.29, 0.717) is 45.6 Å². The first kappa shape index (κ1) is 61.6. The van der Waals surface area contributed by atoms with E-state index >= 15 is 0 Å². The molecule has 0 saturated carbocycles. The molecule has 2 fully saturated rings. The molecule has 79 heavy (non-hydrogen) atoms. The number of carbonyl (C=O) groups excluding carboxylic acids is 2. The fourth-order valence-corrected chi connectivity index (χ4v) is 11.2. The molecule has 15 nitrogen and oxygen atoms in total. The van der Waals surface area contributed by atoms with Gasteiger partial charge in [-0.15, -0.1) is 10.2 Å². The Morgan fingerprint density at radius 2 is 1.15 bits per heavy atom. The summed E-state index contributed by atoms with van der Waals surface area (Å²) in [5.74, 6) is -4.04. The standard InChI is InChI=1S/C28H32F3N5O3.C22H26N4O2.C6H10F3N.2CH4/c1-3-36-24-7-6-22(17(2)26(24)32-33-36)23(15-25(37)38)19-5-4-18-8-11-35(16-20(18)14-19)27(39)34-12-9-21(10-13-34)28(29,30)31;1-4-26-20-8-7-18(14(2)22(20)24-25-26)19(12-21(27)28-3)16-6-5-15-9-10-23-13-17(15)11-16;7-6(8,9)5-1-3-10-4-2-5;;/h4-7,14,21,23H,3,8-13,15-16H2,1-2H3,(H,37,38);5-8,11,19,23H,4,9-10,12-13H2,1-3H3;5,10H,1-4H2;2*1H4. The maximum atomic E-state index is 13.2. The number of hydrogen-bond donors (Lipinski definition) is 3. The Kier molecular flexibility index (Phi) is 20.7. The zero-order chi connectivity index (χ0) is 55.2. The molecule has 6 aromatic rings. The van der Waals surface area contributed by atoms with Crippen LogP contribution in [-0.4, -0.2) is 122 Å². The molecule has 0 radical (unpaired) electrons. The lowest BCUT2D eigenvalue weighted by atomic mass is 9.83. The highest BCUT2D eigenvalue weighted by Crippen LogP contribution is 2.39. The van der Waals surface area contributed by atoms with Crippen LogP contribution in [0.15, 0.2) is 60.7 Å². The van der Waals surface area contributed by atoms with Crippen molar-refractivity contribution in [1.82, 2.24) is 50.4 Å². The number of aromatic nitrogens is 6. The number of carboxylic acid groups (broad SMARTS) is 1. The van der Waals surface area contributed by atoms with Gasteiger partial charge in [-0.2, -0.15) is 26.3 Å². The van der Waals surface area contributed by atoms with Crippen LogP contribution in [0, 0.1) is 25.7 Å². The summed E-state index contributed by atoms with van der Waals surface area (Å²) in [5, 5.41) is 33.2. The number of alkyl halides is 6. The van der Waals surface area contributed by atoms with Gasteiger partial charge >= 0.3 is 30.3 Å². The van der Waals surface area contributed by atoms with Gasteiger partial charge in [0, 0.05) is 57.6 Å². The number of aryl methyl sites for hydroxylation is 4. The summed E-state index contributed by atoms with van der Waals surface area (Å²) in [7, 11) is 1.44. The van der Waals surface area contributed by atoms with Crippen LogP contribution in [0.2, 0.25) is 0 Å². The van der Waals surface area contributed by atoms with Crippen LogP contribution in [0.5, 0.6) is 0 Å². The summed E-state index contributed by atoms with van der Waals surface area (Å²) in [6, 6.07) is 20.3. The number of aliphatic carboxylic acids is 1. The zero-order valence-corrected chi connectivity index (χ0v) is 44.2. The maximum absolute atomic E-state index is 13.2. The third-order valence-corrected chi connectivity index (χ3v) is 15.8. The number of esters is 1. The Balaban J connectivity index is 0.000000219. The van der Waals surface area contributed by atoms with Crippen molar-refractivity contribution in [3.63, 3.8) is 0 Å². The number of fused-ring (bicyclic) bond motifs is 4. The molecule has 2 atom stereocenters. The average molecular weight is 1110 g/mol. The first-order chi connectivity index (χ1) is 36.8. The number of nitrogens with zero attached hydrogens (tertiary/aromatic N) is 8. The molecule has 2 saturated heterocycles. The van der Waals surface area contributed by atoms with Gasteiger partial charge in [-0.25, -0.2) is 14.2 Å². The fraction of sp³-hybridized carbons (Fsp3) is 0.534. The van der Waals surface area contributed by atoms with Crippen LogP contribution in [0.4, 0.5) is 31.1 Å². The Labute approximate surface area is 458 Å². The molecule has 0 bridgehead atoms. The van der Waals surface area contributed by atoms with Crippen molar-refractivity contribution >= 4 is 40.0 Å². The predicted octanol–water partition coefficient (Wildman–Crippen LogP) is 11.0. The van der Waals surface area contributed by atoms with Gasteiger partial charge in [0.2, 0.25) is 0 Å². The Hall–Kier alpha value is -6.61. The number of nitrogens with one attached hydrogen (secondary N) is 2. The van der Waals surface area contributed by atoms with Crippen molar-refractivity contribution in [2.75, 3.05) is 46.4 Å². The first-order valence-electron chi connectivity index (χ1n) is 26.5. The lowest BCUT2D eigenvalue weighted by Crippen LogP contribution is -2.49. The maximum Gasteiger partial charge on any atom is 0.391 e. The minimum absolute atomic E-state index is 0. The minimum Gasteiger partial charge on any atom is -0.481 e. The lowest BCUT2D eigenvalue weighted by Gasteiger charge is -2.38. The second-order valence-electron chi connectivity index (χ2n) is 20.4. The van der Waals surface area contributed by atoms with Gasteiger partial charge in [0.25, 0.3) is 0 Å². The van der Waals surface area contributed by atoms with Crippen LogP contribution in [0.3, 0.4) is 0 Å². The average Bonchev–Trinajstić information content (AvgIpc) is 4.09. The molecule has 3 N–H and O–H groups in total. The molecule has 4 aliphatic heterocycles.